The molecule has 0 aromatic rings. The van der Waals surface area contributed by atoms with E-state index in [0.717, 1.165) is 0 Å². The SMILES string of the molecule is C=C(C(=O)OCCN)C(C)C(C)(C)C. The summed E-state index contributed by atoms with van der Waals surface area (Å²) in [5.74, 6) is -0.231. The van der Waals surface area contributed by atoms with Crippen molar-refractivity contribution in [3.05, 3.63) is 12.2 Å². The van der Waals surface area contributed by atoms with Gasteiger partial charge in [-0.3, -0.25) is 0 Å². The number of carbonyl (C=O) groups is 1. The molecule has 0 aliphatic rings. The molecule has 82 valence electrons. The van der Waals surface area contributed by atoms with Crippen LogP contribution in [0.5, 0.6) is 0 Å². The summed E-state index contributed by atoms with van der Waals surface area (Å²) in [5, 5.41) is 0. The van der Waals surface area contributed by atoms with Crippen molar-refractivity contribution in [1.82, 2.24) is 0 Å². The van der Waals surface area contributed by atoms with Crippen LogP contribution < -0.4 is 5.73 Å². The Hall–Kier alpha value is -0.830. The highest BCUT2D eigenvalue weighted by molar-refractivity contribution is 5.88. The lowest BCUT2D eigenvalue weighted by atomic mass is 9.78. The Kier molecular flexibility index (Phi) is 4.85. The maximum Gasteiger partial charge on any atom is 0.333 e. The number of rotatable bonds is 4. The van der Waals surface area contributed by atoms with Gasteiger partial charge in [0.1, 0.15) is 6.61 Å². The Morgan fingerprint density at radius 3 is 2.36 bits per heavy atom. The van der Waals surface area contributed by atoms with Crippen LogP contribution in [0, 0.1) is 11.3 Å². The summed E-state index contributed by atoms with van der Waals surface area (Å²) in [6.07, 6.45) is 0. The minimum atomic E-state index is -0.335. The molecule has 0 aliphatic carbocycles. The monoisotopic (exact) mass is 199 g/mol. The van der Waals surface area contributed by atoms with Crippen molar-refractivity contribution in [3.8, 4) is 0 Å². The first-order chi connectivity index (χ1) is 6.30. The third-order valence-electron chi connectivity index (χ3n) is 2.43. The van der Waals surface area contributed by atoms with Gasteiger partial charge in [0.25, 0.3) is 0 Å². The second-order valence-electron chi connectivity index (χ2n) is 4.54. The van der Waals surface area contributed by atoms with E-state index in [4.69, 9.17) is 10.5 Å². The molecule has 3 nitrogen and oxygen atoms in total. The van der Waals surface area contributed by atoms with Gasteiger partial charge in [-0.1, -0.05) is 34.3 Å². The summed E-state index contributed by atoms with van der Waals surface area (Å²) >= 11 is 0. The van der Waals surface area contributed by atoms with Gasteiger partial charge < -0.3 is 10.5 Å². The van der Waals surface area contributed by atoms with E-state index in [1.165, 1.54) is 0 Å². The molecule has 0 saturated carbocycles. The quantitative estimate of drug-likeness (QED) is 0.554. The summed E-state index contributed by atoms with van der Waals surface area (Å²) in [6.45, 7) is 12.6. The molecule has 0 radical (unpaired) electrons. The molecule has 0 bridgehead atoms. The van der Waals surface area contributed by atoms with Gasteiger partial charge in [0.05, 0.1) is 0 Å². The van der Waals surface area contributed by atoms with Crippen molar-refractivity contribution in [1.29, 1.82) is 0 Å². The Morgan fingerprint density at radius 2 is 2.00 bits per heavy atom. The van der Waals surface area contributed by atoms with Crippen molar-refractivity contribution in [3.63, 3.8) is 0 Å². The third-order valence-corrected chi connectivity index (χ3v) is 2.43. The molecular formula is C11H21NO2. The summed E-state index contributed by atoms with van der Waals surface area (Å²) in [5.41, 5.74) is 5.78. The first-order valence-electron chi connectivity index (χ1n) is 4.86. The molecule has 0 aromatic heterocycles. The highest BCUT2D eigenvalue weighted by Gasteiger charge is 2.26. The molecule has 0 aromatic carbocycles. The van der Waals surface area contributed by atoms with Crippen LogP contribution in [0.15, 0.2) is 12.2 Å². The third kappa shape index (κ3) is 3.92. The largest absolute Gasteiger partial charge is 0.461 e. The van der Waals surface area contributed by atoms with Crippen LogP contribution in [-0.2, 0) is 9.53 Å². The van der Waals surface area contributed by atoms with E-state index in [1.54, 1.807) is 0 Å². The van der Waals surface area contributed by atoms with Gasteiger partial charge in [-0.25, -0.2) is 4.79 Å². The molecule has 2 N–H and O–H groups in total. The maximum atomic E-state index is 11.4. The fraction of sp³-hybridized carbons (Fsp3) is 0.727. The second kappa shape index (κ2) is 5.15. The molecule has 0 aliphatic heterocycles. The number of hydrogen-bond donors (Lipinski definition) is 1. The number of nitrogens with two attached hydrogens (primary N) is 1. The van der Waals surface area contributed by atoms with Crippen LogP contribution in [-0.4, -0.2) is 19.1 Å². The van der Waals surface area contributed by atoms with E-state index in [0.29, 0.717) is 12.1 Å². The molecule has 1 atom stereocenters. The summed E-state index contributed by atoms with van der Waals surface area (Å²) in [6, 6.07) is 0. The zero-order valence-electron chi connectivity index (χ0n) is 9.59. The summed E-state index contributed by atoms with van der Waals surface area (Å²) in [7, 11) is 0. The fourth-order valence-electron chi connectivity index (χ4n) is 0.944. The topological polar surface area (TPSA) is 52.3 Å². The number of carbonyl (C=O) groups excluding carboxylic acids is 1. The van der Waals surface area contributed by atoms with Crippen molar-refractivity contribution >= 4 is 5.97 Å². The second-order valence-corrected chi connectivity index (χ2v) is 4.54. The molecule has 3 heteroatoms. The van der Waals surface area contributed by atoms with E-state index in [9.17, 15) is 4.79 Å². The van der Waals surface area contributed by atoms with Crippen molar-refractivity contribution < 1.29 is 9.53 Å². The number of ether oxygens (including phenoxy) is 1. The van der Waals surface area contributed by atoms with Crippen molar-refractivity contribution in [2.45, 2.75) is 27.7 Å². The smallest absolute Gasteiger partial charge is 0.333 e. The van der Waals surface area contributed by atoms with Crippen LogP contribution >= 0.6 is 0 Å². The fourth-order valence-corrected chi connectivity index (χ4v) is 0.944. The standard InChI is InChI=1S/C11H21NO2/c1-8(9(2)11(3,4)5)10(13)14-7-6-12/h9H,1,6-7,12H2,2-5H3. The van der Waals surface area contributed by atoms with Gasteiger partial charge in [0.15, 0.2) is 0 Å². The van der Waals surface area contributed by atoms with Crippen LogP contribution in [0.3, 0.4) is 0 Å². The van der Waals surface area contributed by atoms with Crippen LogP contribution in [0.25, 0.3) is 0 Å². The van der Waals surface area contributed by atoms with E-state index >= 15 is 0 Å². The predicted octanol–water partition coefficient (Wildman–Crippen LogP) is 1.73. The zero-order valence-corrected chi connectivity index (χ0v) is 9.59. The van der Waals surface area contributed by atoms with Gasteiger partial charge in [0, 0.05) is 12.1 Å². The molecule has 0 heterocycles. The van der Waals surface area contributed by atoms with Gasteiger partial charge >= 0.3 is 5.97 Å². The average molecular weight is 199 g/mol. The van der Waals surface area contributed by atoms with Gasteiger partial charge in [0.2, 0.25) is 0 Å². The zero-order chi connectivity index (χ0) is 11.4. The Bertz CT molecular complexity index is 216. The van der Waals surface area contributed by atoms with E-state index < -0.39 is 0 Å². The van der Waals surface area contributed by atoms with E-state index in [-0.39, 0.29) is 23.9 Å². The van der Waals surface area contributed by atoms with Crippen LogP contribution in [0.2, 0.25) is 0 Å². The first kappa shape index (κ1) is 13.2. The van der Waals surface area contributed by atoms with Crippen LogP contribution in [0.1, 0.15) is 27.7 Å². The minimum absolute atomic E-state index is 0.0266. The Balaban J connectivity index is 4.26. The van der Waals surface area contributed by atoms with Gasteiger partial charge in [-0.2, -0.15) is 0 Å². The molecule has 0 amide bonds. The van der Waals surface area contributed by atoms with Crippen molar-refractivity contribution in [2.75, 3.05) is 13.2 Å². The first-order valence-corrected chi connectivity index (χ1v) is 4.86. The lowest BCUT2D eigenvalue weighted by Gasteiger charge is -2.27. The normalized spacial score (nSPS) is 13.5. The Morgan fingerprint density at radius 1 is 1.50 bits per heavy atom. The van der Waals surface area contributed by atoms with Gasteiger partial charge in [-0.15, -0.1) is 0 Å². The summed E-state index contributed by atoms with van der Waals surface area (Å²) in [4.78, 5) is 11.4. The molecular weight excluding hydrogens is 178 g/mol. The highest BCUT2D eigenvalue weighted by Crippen LogP contribution is 2.30. The molecule has 0 fully saturated rings. The minimum Gasteiger partial charge on any atom is -0.461 e. The molecule has 0 rings (SSSR count). The lowest BCUT2D eigenvalue weighted by molar-refractivity contribution is -0.139. The number of hydrogen-bond acceptors (Lipinski definition) is 3. The van der Waals surface area contributed by atoms with E-state index in [2.05, 4.69) is 27.4 Å². The highest BCUT2D eigenvalue weighted by atomic mass is 16.5. The van der Waals surface area contributed by atoms with E-state index in [1.807, 2.05) is 6.92 Å². The molecule has 0 spiro atoms. The Labute approximate surface area is 86.3 Å². The van der Waals surface area contributed by atoms with Crippen LogP contribution in [0.4, 0.5) is 0 Å². The lowest BCUT2D eigenvalue weighted by Crippen LogP contribution is -2.25. The number of esters is 1. The summed E-state index contributed by atoms with van der Waals surface area (Å²) < 4.78 is 4.91. The van der Waals surface area contributed by atoms with Gasteiger partial charge in [-0.05, 0) is 11.3 Å². The average Bonchev–Trinajstić information content (AvgIpc) is 2.10. The molecule has 0 saturated heterocycles. The molecule has 1 unspecified atom stereocenters. The predicted molar refractivity (Wildman–Crippen MR) is 57.8 cm³/mol. The van der Waals surface area contributed by atoms with Crippen molar-refractivity contribution in [2.24, 2.45) is 17.1 Å². The molecule has 14 heavy (non-hydrogen) atoms. The maximum absolute atomic E-state index is 11.4.